The maximum atomic E-state index is 5.94. The highest BCUT2D eigenvalue weighted by atomic mass is 16.6. The third kappa shape index (κ3) is 1.78. The van der Waals surface area contributed by atoms with Crippen LogP contribution in [0.3, 0.4) is 0 Å². The number of hydrogen-bond donors (Lipinski definition) is 1. The molecule has 3 rings (SSSR count). The number of ether oxygens (including phenoxy) is 2. The predicted octanol–water partition coefficient (Wildman–Crippen LogP) is 3.02. The van der Waals surface area contributed by atoms with E-state index in [-0.39, 0.29) is 0 Å². The van der Waals surface area contributed by atoms with Gasteiger partial charge in [-0.2, -0.15) is 0 Å². The minimum atomic E-state index is 0.604. The number of rotatable bonds is 1. The molecule has 1 aliphatic rings. The minimum Gasteiger partial charge on any atom is -0.486 e. The molecule has 0 aromatic heterocycles. The van der Waals surface area contributed by atoms with Crippen LogP contribution in [0.25, 0.3) is 11.1 Å². The number of benzene rings is 2. The summed E-state index contributed by atoms with van der Waals surface area (Å²) in [6.07, 6.45) is 0. The zero-order valence-corrected chi connectivity index (χ0v) is 10.3. The summed E-state index contributed by atoms with van der Waals surface area (Å²) in [6.45, 7) is 3.25. The van der Waals surface area contributed by atoms with Gasteiger partial charge in [-0.05, 0) is 41.8 Å². The fraction of sp³-hybridized carbons (Fsp3) is 0.200. The lowest BCUT2D eigenvalue weighted by molar-refractivity contribution is 0.171. The molecule has 0 fully saturated rings. The van der Waals surface area contributed by atoms with Gasteiger partial charge in [-0.1, -0.05) is 18.2 Å². The van der Waals surface area contributed by atoms with Crippen LogP contribution in [-0.2, 0) is 0 Å². The molecule has 2 N–H and O–H groups in total. The van der Waals surface area contributed by atoms with Gasteiger partial charge in [0.1, 0.15) is 13.2 Å². The lowest BCUT2D eigenvalue weighted by Crippen LogP contribution is -2.15. The number of nitrogen functional groups attached to an aromatic ring is 1. The Hall–Kier alpha value is -2.16. The molecule has 3 nitrogen and oxygen atoms in total. The molecule has 2 aromatic rings. The Labute approximate surface area is 106 Å². The van der Waals surface area contributed by atoms with Gasteiger partial charge in [0, 0.05) is 5.69 Å². The third-order valence-corrected chi connectivity index (χ3v) is 3.23. The number of anilines is 1. The maximum absolute atomic E-state index is 5.94. The van der Waals surface area contributed by atoms with Crippen LogP contribution in [0.4, 0.5) is 5.69 Å². The highest BCUT2D eigenvalue weighted by Gasteiger charge is 2.13. The highest BCUT2D eigenvalue weighted by Crippen LogP contribution is 2.36. The number of nitrogens with two attached hydrogens (primary N) is 1. The smallest absolute Gasteiger partial charge is 0.161 e. The van der Waals surface area contributed by atoms with Gasteiger partial charge < -0.3 is 15.2 Å². The summed E-state index contributed by atoms with van der Waals surface area (Å²) in [7, 11) is 0. The first kappa shape index (κ1) is 11.0. The van der Waals surface area contributed by atoms with Crippen LogP contribution in [0.2, 0.25) is 0 Å². The molecule has 2 aromatic carbocycles. The largest absolute Gasteiger partial charge is 0.486 e. The van der Waals surface area contributed by atoms with Crippen molar-refractivity contribution in [1.29, 1.82) is 0 Å². The molecule has 0 saturated heterocycles. The molecule has 3 heteroatoms. The second kappa shape index (κ2) is 4.26. The van der Waals surface area contributed by atoms with E-state index >= 15 is 0 Å². The molecule has 1 aliphatic heterocycles. The van der Waals surface area contributed by atoms with Crippen molar-refractivity contribution in [2.75, 3.05) is 18.9 Å². The fourth-order valence-corrected chi connectivity index (χ4v) is 2.18. The molecule has 92 valence electrons. The van der Waals surface area contributed by atoms with Gasteiger partial charge >= 0.3 is 0 Å². The van der Waals surface area contributed by atoms with Crippen molar-refractivity contribution in [3.63, 3.8) is 0 Å². The van der Waals surface area contributed by atoms with Crippen LogP contribution in [0.5, 0.6) is 11.5 Å². The van der Waals surface area contributed by atoms with Crippen molar-refractivity contribution in [2.45, 2.75) is 6.92 Å². The van der Waals surface area contributed by atoms with E-state index in [9.17, 15) is 0 Å². The Morgan fingerprint density at radius 2 is 1.78 bits per heavy atom. The molecule has 0 saturated carbocycles. The van der Waals surface area contributed by atoms with Crippen LogP contribution in [0.1, 0.15) is 5.56 Å². The summed E-state index contributed by atoms with van der Waals surface area (Å²) in [6, 6.07) is 11.9. The Morgan fingerprint density at radius 1 is 1.00 bits per heavy atom. The van der Waals surface area contributed by atoms with Crippen molar-refractivity contribution >= 4 is 5.69 Å². The van der Waals surface area contributed by atoms with E-state index in [0.717, 1.165) is 33.9 Å². The summed E-state index contributed by atoms with van der Waals surface area (Å²) >= 11 is 0. The first-order chi connectivity index (χ1) is 8.75. The van der Waals surface area contributed by atoms with Crippen LogP contribution in [-0.4, -0.2) is 13.2 Å². The maximum Gasteiger partial charge on any atom is 0.161 e. The van der Waals surface area contributed by atoms with Gasteiger partial charge in [-0.15, -0.1) is 0 Å². The van der Waals surface area contributed by atoms with E-state index in [1.807, 2.05) is 37.3 Å². The average Bonchev–Trinajstić information content (AvgIpc) is 2.41. The average molecular weight is 241 g/mol. The molecule has 0 radical (unpaired) electrons. The Kier molecular flexibility index (Phi) is 2.59. The van der Waals surface area contributed by atoms with Gasteiger partial charge in [0.2, 0.25) is 0 Å². The Morgan fingerprint density at radius 3 is 2.61 bits per heavy atom. The van der Waals surface area contributed by atoms with Gasteiger partial charge in [0.15, 0.2) is 11.5 Å². The molecule has 0 aliphatic carbocycles. The summed E-state index contributed by atoms with van der Waals surface area (Å²) in [5, 5.41) is 0. The van der Waals surface area contributed by atoms with Gasteiger partial charge in [0.25, 0.3) is 0 Å². The summed E-state index contributed by atoms with van der Waals surface area (Å²) in [5.74, 6) is 1.62. The van der Waals surface area contributed by atoms with Crippen LogP contribution >= 0.6 is 0 Å². The van der Waals surface area contributed by atoms with Crippen molar-refractivity contribution in [1.82, 2.24) is 0 Å². The molecule has 0 spiro atoms. The number of fused-ring (bicyclic) bond motifs is 1. The molecule has 0 atom stereocenters. The van der Waals surface area contributed by atoms with Crippen molar-refractivity contribution in [3.8, 4) is 22.6 Å². The molecule has 0 unspecified atom stereocenters. The van der Waals surface area contributed by atoms with E-state index in [1.54, 1.807) is 0 Å². The van der Waals surface area contributed by atoms with Crippen molar-refractivity contribution in [2.24, 2.45) is 0 Å². The summed E-state index contributed by atoms with van der Waals surface area (Å²) in [5.41, 5.74) is 10.1. The molecular formula is C15H15NO2. The Bertz CT molecular complexity index is 593. The molecule has 1 heterocycles. The third-order valence-electron chi connectivity index (χ3n) is 3.23. The predicted molar refractivity (Wildman–Crippen MR) is 72.0 cm³/mol. The first-order valence-electron chi connectivity index (χ1n) is 6.01. The topological polar surface area (TPSA) is 44.5 Å². The zero-order valence-electron chi connectivity index (χ0n) is 10.3. The first-order valence-corrected chi connectivity index (χ1v) is 6.01. The van der Waals surface area contributed by atoms with Crippen LogP contribution in [0.15, 0.2) is 36.4 Å². The lowest BCUT2D eigenvalue weighted by atomic mass is 9.99. The van der Waals surface area contributed by atoms with Gasteiger partial charge in [0.05, 0.1) is 0 Å². The molecule has 0 amide bonds. The quantitative estimate of drug-likeness (QED) is 0.780. The monoisotopic (exact) mass is 241 g/mol. The SMILES string of the molecule is Cc1c(N)cccc1-c1ccc2c(c1)OCCO2. The van der Waals surface area contributed by atoms with E-state index in [0.29, 0.717) is 13.2 Å². The molecule has 18 heavy (non-hydrogen) atoms. The Balaban J connectivity index is 2.09. The van der Waals surface area contributed by atoms with Crippen LogP contribution < -0.4 is 15.2 Å². The summed E-state index contributed by atoms with van der Waals surface area (Å²) in [4.78, 5) is 0. The molecular weight excluding hydrogens is 226 g/mol. The van der Waals surface area contributed by atoms with E-state index < -0.39 is 0 Å². The minimum absolute atomic E-state index is 0.604. The van der Waals surface area contributed by atoms with E-state index in [2.05, 4.69) is 6.07 Å². The van der Waals surface area contributed by atoms with Gasteiger partial charge in [-0.25, -0.2) is 0 Å². The molecule has 0 bridgehead atoms. The second-order valence-electron chi connectivity index (χ2n) is 4.38. The fourth-order valence-electron chi connectivity index (χ4n) is 2.18. The lowest BCUT2D eigenvalue weighted by Gasteiger charge is -2.19. The normalized spacial score (nSPS) is 13.4. The van der Waals surface area contributed by atoms with Crippen molar-refractivity contribution < 1.29 is 9.47 Å². The van der Waals surface area contributed by atoms with E-state index in [4.69, 9.17) is 15.2 Å². The second-order valence-corrected chi connectivity index (χ2v) is 4.38. The standard InChI is InChI=1S/C15H15NO2/c1-10-12(3-2-4-13(10)16)11-5-6-14-15(9-11)18-8-7-17-14/h2-6,9H,7-8,16H2,1H3. The number of hydrogen-bond acceptors (Lipinski definition) is 3. The van der Waals surface area contributed by atoms with Gasteiger partial charge in [-0.3, -0.25) is 0 Å². The van der Waals surface area contributed by atoms with Crippen molar-refractivity contribution in [3.05, 3.63) is 42.0 Å². The summed E-state index contributed by atoms with van der Waals surface area (Å²) < 4.78 is 11.1. The highest BCUT2D eigenvalue weighted by molar-refractivity contribution is 5.74. The van der Waals surface area contributed by atoms with E-state index in [1.165, 1.54) is 0 Å². The van der Waals surface area contributed by atoms with Crippen LogP contribution in [0, 0.1) is 6.92 Å². The zero-order chi connectivity index (χ0) is 12.5.